The average molecular weight is 309 g/mol. The molecule has 0 amide bonds. The van der Waals surface area contributed by atoms with E-state index in [0.717, 1.165) is 0 Å². The predicted molar refractivity (Wildman–Crippen MR) is 77.6 cm³/mol. The Hall–Kier alpha value is -1.78. The fraction of sp³-hybridized carbons (Fsp3) is 0.250. The van der Waals surface area contributed by atoms with Gasteiger partial charge >= 0.3 is 0 Å². The zero-order chi connectivity index (χ0) is 15.0. The monoisotopic (exact) mass is 308 g/mol. The number of aryl methyl sites for hydroxylation is 1. The Morgan fingerprint density at radius 1 is 1.14 bits per heavy atom. The van der Waals surface area contributed by atoms with E-state index < -0.39 is 6.10 Å². The first-order valence-electron chi connectivity index (χ1n) is 6.59. The number of ether oxygens (including phenoxy) is 2. The van der Waals surface area contributed by atoms with Gasteiger partial charge in [-0.15, -0.1) is 0 Å². The molecule has 0 aliphatic carbocycles. The number of benzene rings is 2. The minimum absolute atomic E-state index is 0.352. The van der Waals surface area contributed by atoms with Crippen molar-refractivity contribution >= 4 is 11.6 Å². The van der Waals surface area contributed by atoms with Crippen molar-refractivity contribution in [2.45, 2.75) is 13.0 Å². The largest absolute Gasteiger partial charge is 0.486 e. The molecule has 1 unspecified atom stereocenters. The minimum Gasteiger partial charge on any atom is -0.486 e. The highest BCUT2D eigenvalue weighted by Gasteiger charge is 2.20. The van der Waals surface area contributed by atoms with Gasteiger partial charge in [0.15, 0.2) is 11.5 Å². The van der Waals surface area contributed by atoms with Crippen molar-refractivity contribution < 1.29 is 19.0 Å². The maximum Gasteiger partial charge on any atom is 0.179 e. The Kier molecular flexibility index (Phi) is 3.74. The van der Waals surface area contributed by atoms with Crippen molar-refractivity contribution in [1.82, 2.24) is 0 Å². The number of rotatable bonds is 2. The van der Waals surface area contributed by atoms with Crippen molar-refractivity contribution in [1.29, 1.82) is 0 Å². The van der Waals surface area contributed by atoms with E-state index in [4.69, 9.17) is 21.1 Å². The lowest BCUT2D eigenvalue weighted by atomic mass is 9.99. The molecule has 1 heterocycles. The Morgan fingerprint density at radius 3 is 2.67 bits per heavy atom. The molecule has 1 N–H and O–H groups in total. The van der Waals surface area contributed by atoms with Crippen LogP contribution in [0, 0.1) is 12.7 Å². The number of hydrogen-bond donors (Lipinski definition) is 1. The molecule has 1 aliphatic heterocycles. The van der Waals surface area contributed by atoms with Gasteiger partial charge in [-0.25, -0.2) is 4.39 Å². The summed E-state index contributed by atoms with van der Waals surface area (Å²) in [5.41, 5.74) is 1.53. The van der Waals surface area contributed by atoms with E-state index in [2.05, 4.69) is 0 Å². The summed E-state index contributed by atoms with van der Waals surface area (Å²) in [6.45, 7) is 2.55. The lowest BCUT2D eigenvalue weighted by molar-refractivity contribution is 0.170. The second-order valence-corrected chi connectivity index (χ2v) is 5.35. The smallest absolute Gasteiger partial charge is 0.179 e. The van der Waals surface area contributed by atoms with Crippen molar-refractivity contribution in [2.75, 3.05) is 13.2 Å². The number of aliphatic hydroxyl groups is 1. The molecule has 5 heteroatoms. The summed E-state index contributed by atoms with van der Waals surface area (Å²) in [6.07, 6.45) is -0.978. The molecular formula is C16H14ClFO3. The van der Waals surface area contributed by atoms with Gasteiger partial charge in [0.05, 0.1) is 5.02 Å². The van der Waals surface area contributed by atoms with E-state index >= 15 is 0 Å². The molecule has 3 nitrogen and oxygen atoms in total. The first-order chi connectivity index (χ1) is 10.1. The Labute approximate surface area is 126 Å². The molecule has 110 valence electrons. The van der Waals surface area contributed by atoms with Crippen LogP contribution in [-0.2, 0) is 0 Å². The summed E-state index contributed by atoms with van der Waals surface area (Å²) >= 11 is 6.15. The van der Waals surface area contributed by atoms with E-state index in [1.54, 1.807) is 31.2 Å². The Balaban J connectivity index is 1.99. The third-order valence-corrected chi connectivity index (χ3v) is 3.73. The van der Waals surface area contributed by atoms with Crippen LogP contribution >= 0.6 is 11.6 Å². The molecule has 0 saturated heterocycles. The number of hydrogen-bond acceptors (Lipinski definition) is 3. The van der Waals surface area contributed by atoms with Crippen LogP contribution in [-0.4, -0.2) is 18.3 Å². The van der Waals surface area contributed by atoms with E-state index in [0.29, 0.717) is 46.4 Å². The normalized spacial score (nSPS) is 14.9. The van der Waals surface area contributed by atoms with Crippen LogP contribution in [0.15, 0.2) is 30.3 Å². The van der Waals surface area contributed by atoms with Gasteiger partial charge in [0.25, 0.3) is 0 Å². The first-order valence-corrected chi connectivity index (χ1v) is 6.97. The van der Waals surface area contributed by atoms with Crippen molar-refractivity contribution in [3.05, 3.63) is 57.9 Å². The fourth-order valence-corrected chi connectivity index (χ4v) is 2.53. The van der Waals surface area contributed by atoms with Crippen LogP contribution in [0.4, 0.5) is 4.39 Å². The van der Waals surface area contributed by atoms with Crippen molar-refractivity contribution in [2.24, 2.45) is 0 Å². The lowest BCUT2D eigenvalue weighted by Gasteiger charge is -2.21. The van der Waals surface area contributed by atoms with Crippen LogP contribution in [0.1, 0.15) is 22.8 Å². The molecule has 21 heavy (non-hydrogen) atoms. The van der Waals surface area contributed by atoms with Gasteiger partial charge in [0.2, 0.25) is 0 Å². The molecule has 0 aromatic heterocycles. The molecule has 2 aromatic carbocycles. The number of fused-ring (bicyclic) bond motifs is 1. The Bertz CT molecular complexity index is 687. The van der Waals surface area contributed by atoms with Crippen LogP contribution in [0.5, 0.6) is 11.5 Å². The molecule has 1 aliphatic rings. The third-order valence-electron chi connectivity index (χ3n) is 3.45. The van der Waals surface area contributed by atoms with E-state index in [1.807, 2.05) is 0 Å². The molecule has 1 atom stereocenters. The maximum atomic E-state index is 13.6. The second-order valence-electron chi connectivity index (χ2n) is 4.94. The quantitative estimate of drug-likeness (QED) is 0.920. The van der Waals surface area contributed by atoms with Crippen LogP contribution < -0.4 is 9.47 Å². The Morgan fingerprint density at radius 2 is 1.90 bits per heavy atom. The van der Waals surface area contributed by atoms with Crippen molar-refractivity contribution in [3.63, 3.8) is 0 Å². The van der Waals surface area contributed by atoms with Crippen LogP contribution in [0.25, 0.3) is 0 Å². The highest BCUT2D eigenvalue weighted by molar-refractivity contribution is 6.32. The summed E-state index contributed by atoms with van der Waals surface area (Å²) in [5, 5.41) is 10.8. The lowest BCUT2D eigenvalue weighted by Crippen LogP contribution is -2.16. The zero-order valence-corrected chi connectivity index (χ0v) is 12.2. The summed E-state index contributed by atoms with van der Waals surface area (Å²) in [4.78, 5) is 0. The molecule has 0 radical (unpaired) electrons. The van der Waals surface area contributed by atoms with Crippen molar-refractivity contribution in [3.8, 4) is 11.5 Å². The number of halogens is 2. The molecule has 0 saturated carbocycles. The highest BCUT2D eigenvalue weighted by atomic mass is 35.5. The molecule has 0 fully saturated rings. The average Bonchev–Trinajstić information content (AvgIpc) is 2.49. The SMILES string of the molecule is Cc1ccc(C(O)c2cc(Cl)c3c(c2)OCCO3)cc1F. The van der Waals surface area contributed by atoms with E-state index in [1.165, 1.54) is 6.07 Å². The van der Waals surface area contributed by atoms with Gasteiger partial charge in [-0.05, 0) is 41.8 Å². The second kappa shape index (κ2) is 5.54. The first kappa shape index (κ1) is 14.2. The maximum absolute atomic E-state index is 13.6. The third kappa shape index (κ3) is 2.69. The topological polar surface area (TPSA) is 38.7 Å². The summed E-state index contributed by atoms with van der Waals surface area (Å²) < 4.78 is 24.5. The summed E-state index contributed by atoms with van der Waals surface area (Å²) in [7, 11) is 0. The molecule has 0 bridgehead atoms. The summed E-state index contributed by atoms with van der Waals surface area (Å²) in [5.74, 6) is 0.625. The number of aliphatic hydroxyl groups excluding tert-OH is 1. The van der Waals surface area contributed by atoms with Gasteiger partial charge in [-0.3, -0.25) is 0 Å². The minimum atomic E-state index is -0.978. The summed E-state index contributed by atoms with van der Waals surface area (Å²) in [6, 6.07) is 7.92. The standard InChI is InChI=1S/C16H14ClFO3/c1-9-2-3-10(7-13(9)18)15(19)11-6-12(17)16-14(8-11)20-4-5-21-16/h2-3,6-8,15,19H,4-5H2,1H3. The fourth-order valence-electron chi connectivity index (χ4n) is 2.26. The van der Waals surface area contributed by atoms with E-state index in [9.17, 15) is 9.50 Å². The molecule has 2 aromatic rings. The van der Waals surface area contributed by atoms with Gasteiger partial charge in [-0.2, -0.15) is 0 Å². The zero-order valence-electron chi connectivity index (χ0n) is 11.4. The van der Waals surface area contributed by atoms with E-state index in [-0.39, 0.29) is 5.82 Å². The molecule has 0 spiro atoms. The van der Waals surface area contributed by atoms with Gasteiger partial charge < -0.3 is 14.6 Å². The predicted octanol–water partition coefficient (Wildman–Crippen LogP) is 3.64. The molecular weight excluding hydrogens is 295 g/mol. The molecule has 3 rings (SSSR count). The van der Waals surface area contributed by atoms with Crippen LogP contribution in [0.3, 0.4) is 0 Å². The van der Waals surface area contributed by atoms with Gasteiger partial charge in [0.1, 0.15) is 25.1 Å². The highest BCUT2D eigenvalue weighted by Crippen LogP contribution is 2.40. The van der Waals surface area contributed by atoms with Crippen LogP contribution in [0.2, 0.25) is 5.02 Å². The van der Waals surface area contributed by atoms with Gasteiger partial charge in [0, 0.05) is 0 Å². The van der Waals surface area contributed by atoms with Gasteiger partial charge in [-0.1, -0.05) is 23.7 Å².